The normalized spacial score (nSPS) is 14.4. The Morgan fingerprint density at radius 3 is 1.94 bits per heavy atom. The van der Waals surface area contributed by atoms with Crippen molar-refractivity contribution in [2.45, 2.75) is 4.90 Å². The van der Waals surface area contributed by atoms with Crippen LogP contribution in [0.25, 0.3) is 11.3 Å². The van der Waals surface area contributed by atoms with E-state index in [2.05, 4.69) is 4.90 Å². The minimum atomic E-state index is -3.67. The molecule has 1 saturated heterocycles. The van der Waals surface area contributed by atoms with Crippen molar-refractivity contribution >= 4 is 26.5 Å². The lowest BCUT2D eigenvalue weighted by atomic mass is 10.1. The molecule has 36 heavy (non-hydrogen) atoms. The molecule has 1 fully saturated rings. The second-order valence-electron chi connectivity index (χ2n) is 7.84. The molecule has 1 aliphatic heterocycles. The predicted molar refractivity (Wildman–Crippen MR) is 138 cm³/mol. The molecule has 1 aromatic heterocycles. The summed E-state index contributed by atoms with van der Waals surface area (Å²) in [6.07, 6.45) is 0. The largest absolute Gasteiger partial charge is 0.493 e. The first kappa shape index (κ1) is 25.9. The number of methoxy groups -OCH3 is 5. The molecule has 2 heterocycles. The number of hydrogen-bond acceptors (Lipinski definition) is 10. The highest BCUT2D eigenvalue weighted by atomic mass is 32.2. The van der Waals surface area contributed by atoms with Crippen LogP contribution in [0, 0.1) is 0 Å². The van der Waals surface area contributed by atoms with Crippen LogP contribution in [-0.2, 0) is 10.0 Å². The number of nitrogens with zero attached hydrogens (tertiary/aromatic N) is 3. The zero-order valence-corrected chi connectivity index (χ0v) is 22.4. The SMILES string of the molecule is COc1ccc(S(=O)(=O)N2CCN(c3nc(-c4cc(OC)c(OC)c(OC)c4)cs3)CC2)cc1OC. The van der Waals surface area contributed by atoms with Crippen molar-refractivity contribution in [2.24, 2.45) is 0 Å². The molecule has 0 spiro atoms. The van der Waals surface area contributed by atoms with E-state index in [-0.39, 0.29) is 4.90 Å². The molecule has 2 aromatic carbocycles. The molecule has 10 nitrogen and oxygen atoms in total. The quantitative estimate of drug-likeness (QED) is 0.408. The van der Waals surface area contributed by atoms with Crippen LogP contribution in [0.4, 0.5) is 5.13 Å². The third-order valence-electron chi connectivity index (χ3n) is 5.95. The zero-order valence-electron chi connectivity index (χ0n) is 20.8. The van der Waals surface area contributed by atoms with Crippen molar-refractivity contribution in [1.29, 1.82) is 0 Å². The molecule has 12 heteroatoms. The van der Waals surface area contributed by atoms with Crippen LogP contribution in [0.2, 0.25) is 0 Å². The lowest BCUT2D eigenvalue weighted by molar-refractivity contribution is 0.324. The van der Waals surface area contributed by atoms with Gasteiger partial charge in [-0.1, -0.05) is 0 Å². The fourth-order valence-electron chi connectivity index (χ4n) is 4.02. The standard InChI is InChI=1S/C24H29N3O7S2/c1-30-19-7-6-17(14-20(19)31-2)36(28,29)27-10-8-26(9-11-27)24-25-18(15-35-24)16-12-21(32-3)23(34-5)22(13-16)33-4/h6-7,12-15H,8-11H2,1-5H3. The minimum absolute atomic E-state index is 0.174. The van der Waals surface area contributed by atoms with Gasteiger partial charge in [-0.3, -0.25) is 0 Å². The van der Waals surface area contributed by atoms with E-state index in [1.165, 1.54) is 42.0 Å². The van der Waals surface area contributed by atoms with Crippen LogP contribution in [0.1, 0.15) is 0 Å². The first-order chi connectivity index (χ1) is 17.4. The van der Waals surface area contributed by atoms with Gasteiger partial charge in [0.1, 0.15) is 0 Å². The second kappa shape index (κ2) is 10.8. The summed E-state index contributed by atoms with van der Waals surface area (Å²) in [5.41, 5.74) is 1.61. The van der Waals surface area contributed by atoms with E-state index in [1.54, 1.807) is 27.4 Å². The molecule has 0 aliphatic carbocycles. The third-order valence-corrected chi connectivity index (χ3v) is 8.75. The highest BCUT2D eigenvalue weighted by Gasteiger charge is 2.30. The Kier molecular flexibility index (Phi) is 7.76. The monoisotopic (exact) mass is 535 g/mol. The summed E-state index contributed by atoms with van der Waals surface area (Å²) >= 11 is 1.51. The molecule has 0 radical (unpaired) electrons. The maximum atomic E-state index is 13.2. The van der Waals surface area contributed by atoms with Crippen molar-refractivity contribution in [2.75, 3.05) is 66.6 Å². The maximum Gasteiger partial charge on any atom is 0.243 e. The van der Waals surface area contributed by atoms with E-state index in [9.17, 15) is 8.42 Å². The van der Waals surface area contributed by atoms with Crippen LogP contribution in [0.5, 0.6) is 28.7 Å². The van der Waals surface area contributed by atoms with Gasteiger partial charge in [0.2, 0.25) is 15.8 Å². The molecule has 0 amide bonds. The molecule has 4 rings (SSSR count). The summed E-state index contributed by atoms with van der Waals surface area (Å²) in [7, 11) is 4.03. The number of piperazine rings is 1. The Labute approximate surface area is 215 Å². The summed E-state index contributed by atoms with van der Waals surface area (Å²) in [5.74, 6) is 2.48. The molecular weight excluding hydrogens is 506 g/mol. The fraction of sp³-hybridized carbons (Fsp3) is 0.375. The first-order valence-electron chi connectivity index (χ1n) is 11.1. The summed E-state index contributed by atoms with van der Waals surface area (Å²) in [6, 6.07) is 8.34. The Bertz CT molecular complexity index is 1290. The highest BCUT2D eigenvalue weighted by Crippen LogP contribution is 2.42. The van der Waals surface area contributed by atoms with Gasteiger partial charge in [0, 0.05) is 43.2 Å². The van der Waals surface area contributed by atoms with Gasteiger partial charge < -0.3 is 28.6 Å². The van der Waals surface area contributed by atoms with Gasteiger partial charge >= 0.3 is 0 Å². The van der Waals surface area contributed by atoms with Crippen LogP contribution in [-0.4, -0.2) is 79.4 Å². The average Bonchev–Trinajstić information content (AvgIpc) is 3.42. The Morgan fingerprint density at radius 1 is 0.778 bits per heavy atom. The first-order valence-corrected chi connectivity index (χ1v) is 13.4. The Hall–Kier alpha value is -3.22. The zero-order chi connectivity index (χ0) is 25.9. The smallest absolute Gasteiger partial charge is 0.243 e. The summed E-state index contributed by atoms with van der Waals surface area (Å²) in [5, 5.41) is 2.78. The molecule has 0 saturated carbocycles. The number of anilines is 1. The number of hydrogen-bond donors (Lipinski definition) is 0. The Morgan fingerprint density at radius 2 is 1.39 bits per heavy atom. The minimum Gasteiger partial charge on any atom is -0.493 e. The van der Waals surface area contributed by atoms with E-state index < -0.39 is 10.0 Å². The van der Waals surface area contributed by atoms with E-state index in [0.29, 0.717) is 54.9 Å². The summed E-state index contributed by atoms with van der Waals surface area (Å²) < 4.78 is 54.7. The van der Waals surface area contributed by atoms with E-state index >= 15 is 0 Å². The van der Waals surface area contributed by atoms with E-state index in [1.807, 2.05) is 17.5 Å². The van der Waals surface area contributed by atoms with Gasteiger partial charge in [-0.25, -0.2) is 13.4 Å². The maximum absolute atomic E-state index is 13.2. The third kappa shape index (κ3) is 4.88. The number of ether oxygens (including phenoxy) is 5. The van der Waals surface area contributed by atoms with E-state index in [0.717, 1.165) is 16.4 Å². The van der Waals surface area contributed by atoms with Crippen molar-refractivity contribution in [1.82, 2.24) is 9.29 Å². The molecule has 194 valence electrons. The van der Waals surface area contributed by atoms with Crippen LogP contribution in [0.3, 0.4) is 0 Å². The van der Waals surface area contributed by atoms with Crippen LogP contribution in [0.15, 0.2) is 40.6 Å². The van der Waals surface area contributed by atoms with E-state index in [4.69, 9.17) is 28.7 Å². The van der Waals surface area contributed by atoms with Gasteiger partial charge in [0.05, 0.1) is 46.1 Å². The number of thiazole rings is 1. The van der Waals surface area contributed by atoms with Crippen LogP contribution < -0.4 is 28.6 Å². The summed E-state index contributed by atoms with van der Waals surface area (Å²) in [4.78, 5) is 7.06. The molecule has 0 bridgehead atoms. The van der Waals surface area contributed by atoms with Gasteiger partial charge in [-0.05, 0) is 24.3 Å². The number of sulfonamides is 1. The highest BCUT2D eigenvalue weighted by molar-refractivity contribution is 7.89. The lowest BCUT2D eigenvalue weighted by Gasteiger charge is -2.33. The predicted octanol–water partition coefficient (Wildman–Crippen LogP) is 3.36. The second-order valence-corrected chi connectivity index (χ2v) is 10.6. The van der Waals surface area contributed by atoms with Crippen molar-refractivity contribution in [3.8, 4) is 40.0 Å². The molecule has 0 atom stereocenters. The molecule has 1 aliphatic rings. The number of benzene rings is 2. The molecule has 3 aromatic rings. The number of aromatic nitrogens is 1. The average molecular weight is 536 g/mol. The Balaban J connectivity index is 1.49. The summed E-state index contributed by atoms with van der Waals surface area (Å²) in [6.45, 7) is 1.73. The van der Waals surface area contributed by atoms with Crippen molar-refractivity contribution in [3.05, 3.63) is 35.7 Å². The molecule has 0 N–H and O–H groups in total. The topological polar surface area (TPSA) is 99.7 Å². The molecular formula is C24H29N3O7S2. The van der Waals surface area contributed by atoms with Gasteiger partial charge in [-0.15, -0.1) is 11.3 Å². The van der Waals surface area contributed by atoms with Gasteiger partial charge in [0.25, 0.3) is 0 Å². The molecule has 0 unspecified atom stereocenters. The number of rotatable bonds is 9. The van der Waals surface area contributed by atoms with Crippen molar-refractivity contribution < 1.29 is 32.1 Å². The fourth-order valence-corrected chi connectivity index (χ4v) is 6.34. The lowest BCUT2D eigenvalue weighted by Crippen LogP contribution is -2.48. The van der Waals surface area contributed by atoms with Crippen molar-refractivity contribution in [3.63, 3.8) is 0 Å². The van der Waals surface area contributed by atoms with Gasteiger partial charge in [0.15, 0.2) is 28.1 Å². The van der Waals surface area contributed by atoms with Crippen LogP contribution >= 0.6 is 11.3 Å². The van der Waals surface area contributed by atoms with Gasteiger partial charge in [-0.2, -0.15) is 4.31 Å².